The van der Waals surface area contributed by atoms with Gasteiger partial charge in [0, 0.05) is 19.6 Å². The quantitative estimate of drug-likeness (QED) is 0.708. The lowest BCUT2D eigenvalue weighted by Gasteiger charge is -2.19. The van der Waals surface area contributed by atoms with Gasteiger partial charge in [0.05, 0.1) is 12.6 Å². The molecule has 90 valence electrons. The lowest BCUT2D eigenvalue weighted by Crippen LogP contribution is -2.43. The molecule has 2 atom stereocenters. The Labute approximate surface area is 97.3 Å². The van der Waals surface area contributed by atoms with Crippen LogP contribution in [0.4, 0.5) is 0 Å². The van der Waals surface area contributed by atoms with Gasteiger partial charge in [-0.3, -0.25) is 4.79 Å². The number of nitrogens with two attached hydrogens (primary N) is 1. The Kier molecular flexibility index (Phi) is 6.89. The molecule has 1 amide bonds. The van der Waals surface area contributed by atoms with E-state index in [2.05, 4.69) is 5.32 Å². The lowest BCUT2D eigenvalue weighted by molar-refractivity contribution is -0.125. The Morgan fingerprint density at radius 3 is 2.60 bits per heavy atom. The highest BCUT2D eigenvalue weighted by molar-refractivity contribution is 5.85. The number of ether oxygens (including phenoxy) is 1. The molecule has 0 aromatic carbocycles. The van der Waals surface area contributed by atoms with E-state index in [1.54, 1.807) is 7.11 Å². The van der Waals surface area contributed by atoms with Crippen molar-refractivity contribution in [2.45, 2.75) is 25.8 Å². The van der Waals surface area contributed by atoms with E-state index in [4.69, 9.17) is 10.5 Å². The molecule has 1 fully saturated rings. The van der Waals surface area contributed by atoms with Crippen LogP contribution in [0.2, 0.25) is 0 Å². The summed E-state index contributed by atoms with van der Waals surface area (Å²) in [4.78, 5) is 11.5. The van der Waals surface area contributed by atoms with Crippen molar-refractivity contribution in [1.29, 1.82) is 0 Å². The van der Waals surface area contributed by atoms with Crippen LogP contribution in [0.5, 0.6) is 0 Å². The second-order valence-corrected chi connectivity index (χ2v) is 4.04. The number of halogens is 1. The van der Waals surface area contributed by atoms with Crippen molar-refractivity contribution >= 4 is 18.3 Å². The molecule has 0 saturated heterocycles. The molecule has 0 heterocycles. The van der Waals surface area contributed by atoms with Crippen LogP contribution in [0.25, 0.3) is 0 Å². The Hall–Kier alpha value is -0.320. The van der Waals surface area contributed by atoms with Crippen LogP contribution in [0, 0.1) is 11.8 Å². The van der Waals surface area contributed by atoms with Gasteiger partial charge in [-0.2, -0.15) is 0 Å². The standard InChI is InChI=1S/C10H20N2O2.ClH/c1-7(5-11)10(13)12-9(6-14-2)8-3-4-8;/h7-9H,3-6,11H2,1-2H3,(H,12,13);1H. The van der Waals surface area contributed by atoms with Gasteiger partial charge in [0.2, 0.25) is 5.91 Å². The minimum atomic E-state index is -0.104. The number of rotatable bonds is 6. The van der Waals surface area contributed by atoms with Gasteiger partial charge in [0.15, 0.2) is 0 Å². The molecular weight excluding hydrogens is 216 g/mol. The maximum Gasteiger partial charge on any atom is 0.224 e. The van der Waals surface area contributed by atoms with Gasteiger partial charge in [-0.05, 0) is 18.8 Å². The summed E-state index contributed by atoms with van der Waals surface area (Å²) in [6.45, 7) is 2.84. The highest BCUT2D eigenvalue weighted by atomic mass is 35.5. The van der Waals surface area contributed by atoms with Crippen LogP contribution in [0.1, 0.15) is 19.8 Å². The summed E-state index contributed by atoms with van der Waals surface area (Å²) >= 11 is 0. The Morgan fingerprint density at radius 2 is 2.20 bits per heavy atom. The molecule has 1 aliphatic rings. The zero-order valence-corrected chi connectivity index (χ0v) is 10.2. The smallest absolute Gasteiger partial charge is 0.224 e. The minimum Gasteiger partial charge on any atom is -0.383 e. The number of methoxy groups -OCH3 is 1. The molecule has 0 radical (unpaired) electrons. The van der Waals surface area contributed by atoms with E-state index in [-0.39, 0.29) is 30.3 Å². The number of nitrogens with one attached hydrogen (secondary N) is 1. The average Bonchev–Trinajstić information content (AvgIpc) is 2.99. The van der Waals surface area contributed by atoms with E-state index < -0.39 is 0 Å². The average molecular weight is 237 g/mol. The predicted molar refractivity (Wildman–Crippen MR) is 62.0 cm³/mol. The van der Waals surface area contributed by atoms with E-state index in [1.807, 2.05) is 6.92 Å². The number of hydrogen-bond acceptors (Lipinski definition) is 3. The molecule has 0 aromatic rings. The van der Waals surface area contributed by atoms with Crippen molar-refractivity contribution in [2.75, 3.05) is 20.3 Å². The zero-order valence-electron chi connectivity index (χ0n) is 9.36. The summed E-state index contributed by atoms with van der Waals surface area (Å²) in [5.74, 6) is 0.554. The summed E-state index contributed by atoms with van der Waals surface area (Å²) < 4.78 is 5.07. The van der Waals surface area contributed by atoms with Crippen LogP contribution < -0.4 is 11.1 Å². The first-order valence-corrected chi connectivity index (χ1v) is 5.18. The third-order valence-electron chi connectivity index (χ3n) is 2.67. The SMILES string of the molecule is COCC(NC(=O)C(C)CN)C1CC1.Cl. The molecule has 0 aromatic heterocycles. The van der Waals surface area contributed by atoms with Gasteiger partial charge in [0.1, 0.15) is 0 Å². The first kappa shape index (κ1) is 14.7. The Morgan fingerprint density at radius 1 is 1.60 bits per heavy atom. The fraction of sp³-hybridized carbons (Fsp3) is 0.900. The van der Waals surface area contributed by atoms with E-state index in [1.165, 1.54) is 12.8 Å². The summed E-state index contributed by atoms with van der Waals surface area (Å²) in [6.07, 6.45) is 2.40. The van der Waals surface area contributed by atoms with Crippen molar-refractivity contribution in [3.8, 4) is 0 Å². The second-order valence-electron chi connectivity index (χ2n) is 4.04. The molecule has 1 aliphatic carbocycles. The molecule has 2 unspecified atom stereocenters. The molecule has 5 heteroatoms. The van der Waals surface area contributed by atoms with Crippen molar-refractivity contribution in [3.05, 3.63) is 0 Å². The largest absolute Gasteiger partial charge is 0.383 e. The maximum absolute atomic E-state index is 11.5. The Bertz CT molecular complexity index is 198. The third kappa shape index (κ3) is 4.82. The second kappa shape index (κ2) is 7.04. The van der Waals surface area contributed by atoms with E-state index >= 15 is 0 Å². The molecule has 4 nitrogen and oxygen atoms in total. The van der Waals surface area contributed by atoms with Gasteiger partial charge in [-0.15, -0.1) is 12.4 Å². The van der Waals surface area contributed by atoms with Crippen molar-refractivity contribution < 1.29 is 9.53 Å². The topological polar surface area (TPSA) is 64.3 Å². The molecular formula is C10H21ClN2O2. The third-order valence-corrected chi connectivity index (χ3v) is 2.67. The van der Waals surface area contributed by atoms with Crippen LogP contribution >= 0.6 is 12.4 Å². The number of amides is 1. The first-order chi connectivity index (χ1) is 6.69. The number of carbonyl (C=O) groups excluding carboxylic acids is 1. The van der Waals surface area contributed by atoms with E-state index in [9.17, 15) is 4.79 Å². The lowest BCUT2D eigenvalue weighted by atomic mass is 10.1. The summed E-state index contributed by atoms with van der Waals surface area (Å²) in [7, 11) is 1.66. The monoisotopic (exact) mass is 236 g/mol. The summed E-state index contributed by atoms with van der Waals surface area (Å²) in [5.41, 5.74) is 5.42. The van der Waals surface area contributed by atoms with Crippen molar-refractivity contribution in [1.82, 2.24) is 5.32 Å². The van der Waals surface area contributed by atoms with Gasteiger partial charge in [-0.25, -0.2) is 0 Å². The van der Waals surface area contributed by atoms with Crippen LogP contribution in [-0.4, -0.2) is 32.2 Å². The molecule has 1 rings (SSSR count). The summed E-state index contributed by atoms with van der Waals surface area (Å²) in [6, 6.07) is 0.182. The molecule has 15 heavy (non-hydrogen) atoms. The van der Waals surface area contributed by atoms with Crippen molar-refractivity contribution in [2.24, 2.45) is 17.6 Å². The minimum absolute atomic E-state index is 0. The number of carbonyl (C=O) groups is 1. The van der Waals surface area contributed by atoms with Crippen molar-refractivity contribution in [3.63, 3.8) is 0 Å². The van der Waals surface area contributed by atoms with E-state index in [0.29, 0.717) is 19.1 Å². The molecule has 0 aliphatic heterocycles. The zero-order chi connectivity index (χ0) is 10.6. The first-order valence-electron chi connectivity index (χ1n) is 5.18. The molecule has 1 saturated carbocycles. The number of hydrogen-bond donors (Lipinski definition) is 2. The summed E-state index contributed by atoms with van der Waals surface area (Å²) in [5, 5.41) is 2.99. The van der Waals surface area contributed by atoms with Crippen LogP contribution in [0.15, 0.2) is 0 Å². The molecule has 0 spiro atoms. The fourth-order valence-electron chi connectivity index (χ4n) is 1.41. The Balaban J connectivity index is 0.00000196. The highest BCUT2D eigenvalue weighted by Crippen LogP contribution is 2.32. The maximum atomic E-state index is 11.5. The molecule has 0 bridgehead atoms. The van der Waals surface area contributed by atoms with E-state index in [0.717, 1.165) is 0 Å². The molecule has 3 N–H and O–H groups in total. The fourth-order valence-corrected chi connectivity index (χ4v) is 1.41. The van der Waals surface area contributed by atoms with Gasteiger partial charge < -0.3 is 15.8 Å². The van der Waals surface area contributed by atoms with Gasteiger partial charge >= 0.3 is 0 Å². The highest BCUT2D eigenvalue weighted by Gasteiger charge is 2.32. The normalized spacial score (nSPS) is 18.9. The van der Waals surface area contributed by atoms with Crippen LogP contribution in [-0.2, 0) is 9.53 Å². The van der Waals surface area contributed by atoms with Gasteiger partial charge in [0.25, 0.3) is 0 Å². The van der Waals surface area contributed by atoms with Crippen LogP contribution in [0.3, 0.4) is 0 Å². The predicted octanol–water partition coefficient (Wildman–Crippen LogP) is 0.544. The van der Waals surface area contributed by atoms with Gasteiger partial charge in [-0.1, -0.05) is 6.92 Å².